The van der Waals surface area contributed by atoms with Gasteiger partial charge in [0.15, 0.2) is 0 Å². The van der Waals surface area contributed by atoms with Crippen molar-refractivity contribution in [2.75, 3.05) is 0 Å². The van der Waals surface area contributed by atoms with E-state index in [0.29, 0.717) is 18.6 Å². The van der Waals surface area contributed by atoms with E-state index in [2.05, 4.69) is 12.1 Å². The van der Waals surface area contributed by atoms with E-state index in [-0.39, 0.29) is 5.97 Å². The molecule has 2 aromatic carbocycles. The van der Waals surface area contributed by atoms with Crippen LogP contribution in [0.5, 0.6) is 5.75 Å². The zero-order valence-corrected chi connectivity index (χ0v) is 10.4. The smallest absolute Gasteiger partial charge is 0.311 e. The van der Waals surface area contributed by atoms with E-state index in [1.54, 1.807) is 12.1 Å². The van der Waals surface area contributed by atoms with Gasteiger partial charge in [-0.25, -0.2) is 0 Å². The largest absolute Gasteiger partial charge is 0.427 e. The summed E-state index contributed by atoms with van der Waals surface area (Å²) in [6.45, 7) is 2.05. The van der Waals surface area contributed by atoms with Crippen LogP contribution in [0.25, 0.3) is 0 Å². The molecular weight excluding hydrogens is 224 g/mol. The minimum absolute atomic E-state index is 0.193. The third-order valence-corrected chi connectivity index (χ3v) is 2.71. The van der Waals surface area contributed by atoms with E-state index in [9.17, 15) is 4.79 Å². The lowest BCUT2D eigenvalue weighted by atomic mass is 10.1. The molecule has 2 aromatic rings. The van der Waals surface area contributed by atoms with Crippen molar-refractivity contribution in [3.8, 4) is 5.75 Å². The summed E-state index contributed by atoms with van der Waals surface area (Å²) in [7, 11) is 0. The van der Waals surface area contributed by atoms with Crippen molar-refractivity contribution in [2.24, 2.45) is 0 Å². The van der Waals surface area contributed by atoms with Gasteiger partial charge < -0.3 is 4.74 Å². The third kappa shape index (κ3) is 3.74. The highest BCUT2D eigenvalue weighted by atomic mass is 16.5. The molecule has 2 nitrogen and oxygen atoms in total. The van der Waals surface area contributed by atoms with Gasteiger partial charge in [0.2, 0.25) is 0 Å². The molecule has 0 unspecified atom stereocenters. The van der Waals surface area contributed by atoms with Crippen molar-refractivity contribution < 1.29 is 9.53 Å². The molecule has 0 spiro atoms. The molecule has 0 aliphatic rings. The lowest BCUT2D eigenvalue weighted by molar-refractivity contribution is -0.134. The normalized spacial score (nSPS) is 10.1. The van der Waals surface area contributed by atoms with Crippen LogP contribution in [0.1, 0.15) is 17.5 Å². The number of hydrogen-bond acceptors (Lipinski definition) is 2. The second-order valence-electron chi connectivity index (χ2n) is 4.27. The molecule has 2 rings (SSSR count). The van der Waals surface area contributed by atoms with Gasteiger partial charge in [-0.05, 0) is 31.0 Å². The number of carbonyl (C=O) groups excluding carboxylic acids is 1. The molecular formula is C16H16O2. The topological polar surface area (TPSA) is 26.3 Å². The molecule has 18 heavy (non-hydrogen) atoms. The first-order valence-corrected chi connectivity index (χ1v) is 6.05. The summed E-state index contributed by atoms with van der Waals surface area (Å²) in [4.78, 5) is 11.6. The highest BCUT2D eigenvalue weighted by molar-refractivity contribution is 5.72. The Morgan fingerprint density at radius 1 is 1.00 bits per heavy atom. The van der Waals surface area contributed by atoms with Crippen LogP contribution in [-0.4, -0.2) is 5.97 Å². The van der Waals surface area contributed by atoms with Gasteiger partial charge in [-0.3, -0.25) is 4.79 Å². The Hall–Kier alpha value is -2.09. The summed E-state index contributed by atoms with van der Waals surface area (Å²) < 4.78 is 5.22. The van der Waals surface area contributed by atoms with E-state index in [0.717, 1.165) is 5.56 Å². The third-order valence-electron chi connectivity index (χ3n) is 2.71. The van der Waals surface area contributed by atoms with Crippen molar-refractivity contribution in [1.82, 2.24) is 0 Å². The monoisotopic (exact) mass is 240 g/mol. The Balaban J connectivity index is 1.83. The minimum atomic E-state index is -0.193. The van der Waals surface area contributed by atoms with Crippen LogP contribution in [0.3, 0.4) is 0 Å². The molecule has 0 radical (unpaired) electrons. The van der Waals surface area contributed by atoms with E-state index >= 15 is 0 Å². The van der Waals surface area contributed by atoms with Gasteiger partial charge in [-0.15, -0.1) is 0 Å². The highest BCUT2D eigenvalue weighted by Gasteiger charge is 2.04. The number of aryl methyl sites for hydroxylation is 2. The molecule has 0 bridgehead atoms. The second-order valence-corrected chi connectivity index (χ2v) is 4.27. The molecule has 0 fully saturated rings. The summed E-state index contributed by atoms with van der Waals surface area (Å²) in [6.07, 6.45) is 1.11. The number of hydrogen-bond donors (Lipinski definition) is 0. The second kappa shape index (κ2) is 6.01. The lowest BCUT2D eigenvalue weighted by Gasteiger charge is -2.04. The maximum atomic E-state index is 11.6. The predicted octanol–water partition coefficient (Wildman–Crippen LogP) is 3.53. The first-order valence-electron chi connectivity index (χ1n) is 6.05. The van der Waals surface area contributed by atoms with Crippen molar-refractivity contribution in [3.63, 3.8) is 0 Å². The van der Waals surface area contributed by atoms with Crippen LogP contribution in [0.4, 0.5) is 0 Å². The van der Waals surface area contributed by atoms with Gasteiger partial charge in [0.1, 0.15) is 5.75 Å². The average Bonchev–Trinajstić information content (AvgIpc) is 2.39. The zero-order valence-electron chi connectivity index (χ0n) is 10.4. The van der Waals surface area contributed by atoms with E-state index in [1.807, 2.05) is 37.3 Å². The minimum Gasteiger partial charge on any atom is -0.427 e. The molecule has 0 aromatic heterocycles. The van der Waals surface area contributed by atoms with Crippen LogP contribution in [0.15, 0.2) is 54.6 Å². The van der Waals surface area contributed by atoms with E-state index < -0.39 is 0 Å². The molecule has 2 heteroatoms. The molecule has 0 saturated heterocycles. The number of esters is 1. The molecule has 0 amide bonds. The fraction of sp³-hybridized carbons (Fsp3) is 0.188. The Bertz CT molecular complexity index is 500. The Labute approximate surface area is 107 Å². The molecule has 0 heterocycles. The van der Waals surface area contributed by atoms with Crippen LogP contribution < -0.4 is 4.74 Å². The SMILES string of the molecule is Cc1ccc(CCC(=O)Oc2ccccc2)cc1. The predicted molar refractivity (Wildman–Crippen MR) is 71.6 cm³/mol. The number of carbonyl (C=O) groups is 1. The van der Waals surface area contributed by atoms with Gasteiger partial charge in [-0.1, -0.05) is 48.0 Å². The summed E-state index contributed by atoms with van der Waals surface area (Å²) in [5.41, 5.74) is 2.39. The molecule has 0 N–H and O–H groups in total. The Morgan fingerprint density at radius 2 is 1.67 bits per heavy atom. The summed E-state index contributed by atoms with van der Waals surface area (Å²) in [5, 5.41) is 0. The number of benzene rings is 2. The summed E-state index contributed by atoms with van der Waals surface area (Å²) >= 11 is 0. The van der Waals surface area contributed by atoms with E-state index in [1.165, 1.54) is 5.56 Å². The van der Waals surface area contributed by atoms with Crippen molar-refractivity contribution in [2.45, 2.75) is 19.8 Å². The fourth-order valence-electron chi connectivity index (χ4n) is 1.67. The number of rotatable bonds is 4. The van der Waals surface area contributed by atoms with Crippen LogP contribution >= 0.6 is 0 Å². The number of para-hydroxylation sites is 1. The first-order chi connectivity index (χ1) is 8.74. The van der Waals surface area contributed by atoms with E-state index in [4.69, 9.17) is 4.74 Å². The standard InChI is InChI=1S/C16H16O2/c1-13-7-9-14(10-8-13)11-12-16(17)18-15-5-3-2-4-6-15/h2-10H,11-12H2,1H3. The van der Waals surface area contributed by atoms with Crippen molar-refractivity contribution in [3.05, 3.63) is 65.7 Å². The molecule has 0 saturated carbocycles. The molecule has 92 valence electrons. The van der Waals surface area contributed by atoms with Crippen LogP contribution in [0.2, 0.25) is 0 Å². The lowest BCUT2D eigenvalue weighted by Crippen LogP contribution is -2.08. The molecule has 0 atom stereocenters. The van der Waals surface area contributed by atoms with Gasteiger partial charge in [0.05, 0.1) is 0 Å². The Kier molecular flexibility index (Phi) is 4.13. The average molecular weight is 240 g/mol. The number of ether oxygens (including phenoxy) is 1. The quantitative estimate of drug-likeness (QED) is 0.603. The zero-order chi connectivity index (χ0) is 12.8. The molecule has 0 aliphatic heterocycles. The van der Waals surface area contributed by atoms with Gasteiger partial charge in [-0.2, -0.15) is 0 Å². The van der Waals surface area contributed by atoms with Crippen LogP contribution in [0, 0.1) is 6.92 Å². The van der Waals surface area contributed by atoms with Crippen molar-refractivity contribution >= 4 is 5.97 Å². The molecule has 0 aliphatic carbocycles. The maximum Gasteiger partial charge on any atom is 0.311 e. The first kappa shape index (κ1) is 12.4. The van der Waals surface area contributed by atoms with Crippen LogP contribution in [-0.2, 0) is 11.2 Å². The van der Waals surface area contributed by atoms with Gasteiger partial charge in [0.25, 0.3) is 0 Å². The Morgan fingerprint density at radius 3 is 2.33 bits per heavy atom. The fourth-order valence-corrected chi connectivity index (χ4v) is 1.67. The maximum absolute atomic E-state index is 11.6. The van der Waals surface area contributed by atoms with Gasteiger partial charge >= 0.3 is 5.97 Å². The van der Waals surface area contributed by atoms with Gasteiger partial charge in [0, 0.05) is 6.42 Å². The summed E-state index contributed by atoms with van der Waals surface area (Å²) in [6, 6.07) is 17.4. The highest BCUT2D eigenvalue weighted by Crippen LogP contribution is 2.11. The van der Waals surface area contributed by atoms with Crippen molar-refractivity contribution in [1.29, 1.82) is 0 Å². The summed E-state index contributed by atoms with van der Waals surface area (Å²) in [5.74, 6) is 0.410.